The second kappa shape index (κ2) is 3.69. The Balaban J connectivity index is 2.55. The van der Waals surface area contributed by atoms with Gasteiger partial charge in [-0.25, -0.2) is 4.98 Å². The molecule has 2 nitrogen and oxygen atoms in total. The third kappa shape index (κ3) is 1.76. The summed E-state index contributed by atoms with van der Waals surface area (Å²) in [4.78, 5) is 7.48. The fourth-order valence-electron chi connectivity index (χ4n) is 2.31. The van der Waals surface area contributed by atoms with Crippen LogP contribution in [0, 0.1) is 0 Å². The van der Waals surface area contributed by atoms with Crippen molar-refractivity contribution in [2.45, 2.75) is 39.0 Å². The predicted molar refractivity (Wildman–Crippen MR) is 64.0 cm³/mol. The highest BCUT2D eigenvalue weighted by Gasteiger charge is 2.21. The maximum atomic E-state index is 4.32. The van der Waals surface area contributed by atoms with Crippen LogP contribution in [0.3, 0.4) is 0 Å². The lowest BCUT2D eigenvalue weighted by atomic mass is 9.80. The maximum absolute atomic E-state index is 4.32. The summed E-state index contributed by atoms with van der Waals surface area (Å²) in [6.45, 7) is 6.84. The van der Waals surface area contributed by atoms with Crippen molar-refractivity contribution < 1.29 is 0 Å². The highest BCUT2D eigenvalue weighted by Crippen LogP contribution is 2.32. The van der Waals surface area contributed by atoms with Crippen LogP contribution in [0.5, 0.6) is 0 Å². The van der Waals surface area contributed by atoms with E-state index in [4.69, 9.17) is 0 Å². The van der Waals surface area contributed by atoms with Crippen LogP contribution < -0.4 is 0 Å². The maximum Gasteiger partial charge on any atom is 0.137 e. The van der Waals surface area contributed by atoms with Crippen LogP contribution >= 0.6 is 0 Å². The van der Waals surface area contributed by atoms with Crippen molar-refractivity contribution in [3.05, 3.63) is 30.1 Å². The van der Waals surface area contributed by atoms with Crippen molar-refractivity contribution in [3.63, 3.8) is 0 Å². The summed E-state index contributed by atoms with van der Waals surface area (Å²) in [5.74, 6) is 0. The first-order valence-corrected chi connectivity index (χ1v) is 5.58. The molecule has 0 saturated carbocycles. The minimum atomic E-state index is 0.234. The fourth-order valence-corrected chi connectivity index (χ4v) is 2.31. The molecule has 80 valence electrons. The number of hydrogen-bond donors (Lipinski definition) is 1. The molecular weight excluding hydrogens is 184 g/mol. The molecule has 0 bridgehead atoms. The van der Waals surface area contributed by atoms with Crippen molar-refractivity contribution in [3.8, 4) is 0 Å². The van der Waals surface area contributed by atoms with Crippen LogP contribution in [0.1, 0.15) is 39.2 Å². The van der Waals surface area contributed by atoms with E-state index in [1.54, 1.807) is 0 Å². The lowest BCUT2D eigenvalue weighted by molar-refractivity contribution is 0.476. The van der Waals surface area contributed by atoms with Gasteiger partial charge in [0.2, 0.25) is 0 Å². The molecule has 0 aliphatic rings. The first kappa shape index (κ1) is 10.2. The summed E-state index contributed by atoms with van der Waals surface area (Å²) in [7, 11) is 0. The monoisotopic (exact) mass is 202 g/mol. The average molecular weight is 202 g/mol. The van der Waals surface area contributed by atoms with Crippen LogP contribution in [0.2, 0.25) is 0 Å². The summed E-state index contributed by atoms with van der Waals surface area (Å²) in [5, 5.41) is 1.26. The summed E-state index contributed by atoms with van der Waals surface area (Å²) < 4.78 is 0. The molecule has 2 aromatic rings. The first-order chi connectivity index (χ1) is 7.15. The number of fused-ring (bicyclic) bond motifs is 1. The predicted octanol–water partition coefficient (Wildman–Crippen LogP) is 3.64. The van der Waals surface area contributed by atoms with Gasteiger partial charge in [-0.3, -0.25) is 0 Å². The number of rotatable bonds is 3. The van der Waals surface area contributed by atoms with Crippen LogP contribution in [0.4, 0.5) is 0 Å². The average Bonchev–Trinajstić information content (AvgIpc) is 2.64. The van der Waals surface area contributed by atoms with Gasteiger partial charge in [0.1, 0.15) is 5.65 Å². The molecule has 2 heterocycles. The minimum Gasteiger partial charge on any atom is -0.346 e. The van der Waals surface area contributed by atoms with Gasteiger partial charge in [-0.2, -0.15) is 0 Å². The molecule has 0 atom stereocenters. The summed E-state index contributed by atoms with van der Waals surface area (Å²) in [6, 6.07) is 4.26. The van der Waals surface area contributed by atoms with E-state index in [0.717, 1.165) is 5.65 Å². The van der Waals surface area contributed by atoms with Gasteiger partial charge < -0.3 is 4.98 Å². The van der Waals surface area contributed by atoms with E-state index in [1.165, 1.54) is 23.8 Å². The van der Waals surface area contributed by atoms with Crippen molar-refractivity contribution in [1.29, 1.82) is 0 Å². The quantitative estimate of drug-likeness (QED) is 0.808. The number of H-pyrrole nitrogens is 1. The second-order valence-corrected chi connectivity index (χ2v) is 4.73. The molecule has 0 radical (unpaired) electrons. The van der Waals surface area contributed by atoms with Gasteiger partial charge in [0.05, 0.1) is 0 Å². The minimum absolute atomic E-state index is 0.234. The Morgan fingerprint density at radius 2 is 2.13 bits per heavy atom. The van der Waals surface area contributed by atoms with Crippen LogP contribution in [-0.2, 0) is 5.41 Å². The Labute approximate surface area is 90.7 Å². The molecule has 0 spiro atoms. The van der Waals surface area contributed by atoms with Crippen molar-refractivity contribution in [1.82, 2.24) is 9.97 Å². The molecule has 15 heavy (non-hydrogen) atoms. The van der Waals surface area contributed by atoms with Crippen molar-refractivity contribution >= 4 is 11.0 Å². The molecular formula is C13H18N2. The van der Waals surface area contributed by atoms with Gasteiger partial charge in [-0.15, -0.1) is 0 Å². The van der Waals surface area contributed by atoms with Gasteiger partial charge >= 0.3 is 0 Å². The standard InChI is InChI=1S/C13H18N2/c1-4-7-13(2,3)11-6-9-15-12-10(11)5-8-14-12/h5-6,8-9H,4,7H2,1-3H3,(H,14,15). The Hall–Kier alpha value is -1.31. The molecule has 2 rings (SSSR count). The van der Waals surface area contributed by atoms with Gasteiger partial charge in [-0.1, -0.05) is 27.2 Å². The highest BCUT2D eigenvalue weighted by atomic mass is 14.8. The van der Waals surface area contributed by atoms with E-state index in [2.05, 4.69) is 42.9 Å². The molecule has 2 heteroatoms. The van der Waals surface area contributed by atoms with Crippen LogP contribution in [0.25, 0.3) is 11.0 Å². The number of hydrogen-bond acceptors (Lipinski definition) is 1. The van der Waals surface area contributed by atoms with Crippen LogP contribution in [0.15, 0.2) is 24.5 Å². The Kier molecular flexibility index (Phi) is 2.51. The lowest BCUT2D eigenvalue weighted by Gasteiger charge is -2.25. The molecule has 0 fully saturated rings. The highest BCUT2D eigenvalue weighted by molar-refractivity contribution is 5.80. The third-order valence-electron chi connectivity index (χ3n) is 3.06. The van der Waals surface area contributed by atoms with E-state index in [-0.39, 0.29) is 5.41 Å². The molecule has 0 aliphatic heterocycles. The zero-order valence-corrected chi connectivity index (χ0v) is 9.67. The first-order valence-electron chi connectivity index (χ1n) is 5.58. The number of nitrogens with zero attached hydrogens (tertiary/aromatic N) is 1. The smallest absolute Gasteiger partial charge is 0.137 e. The molecule has 0 aromatic carbocycles. The second-order valence-electron chi connectivity index (χ2n) is 4.73. The van der Waals surface area contributed by atoms with E-state index in [1.807, 2.05) is 12.4 Å². The zero-order chi connectivity index (χ0) is 10.9. The van der Waals surface area contributed by atoms with Crippen molar-refractivity contribution in [2.24, 2.45) is 0 Å². The van der Waals surface area contributed by atoms with Gasteiger partial charge in [0.25, 0.3) is 0 Å². The SMILES string of the molecule is CCCC(C)(C)c1ccnc2[nH]ccc12. The summed E-state index contributed by atoms with van der Waals surface area (Å²) in [5.41, 5.74) is 2.63. The number of aromatic amines is 1. The van der Waals surface area contributed by atoms with E-state index < -0.39 is 0 Å². The summed E-state index contributed by atoms with van der Waals surface area (Å²) >= 11 is 0. The van der Waals surface area contributed by atoms with Gasteiger partial charge in [-0.05, 0) is 29.5 Å². The molecule has 0 unspecified atom stereocenters. The Bertz CT molecular complexity index is 454. The summed E-state index contributed by atoms with van der Waals surface area (Å²) in [6.07, 6.45) is 6.27. The van der Waals surface area contributed by atoms with Crippen molar-refractivity contribution in [2.75, 3.05) is 0 Å². The topological polar surface area (TPSA) is 28.7 Å². The zero-order valence-electron chi connectivity index (χ0n) is 9.67. The van der Waals surface area contributed by atoms with Crippen LogP contribution in [-0.4, -0.2) is 9.97 Å². The lowest BCUT2D eigenvalue weighted by Crippen LogP contribution is -2.16. The normalized spacial score (nSPS) is 12.2. The largest absolute Gasteiger partial charge is 0.346 e. The van der Waals surface area contributed by atoms with E-state index >= 15 is 0 Å². The molecule has 0 amide bonds. The van der Waals surface area contributed by atoms with Gasteiger partial charge in [0.15, 0.2) is 0 Å². The fraction of sp³-hybridized carbons (Fsp3) is 0.462. The molecule has 0 saturated heterocycles. The molecule has 2 aromatic heterocycles. The number of pyridine rings is 1. The third-order valence-corrected chi connectivity index (χ3v) is 3.06. The Morgan fingerprint density at radius 1 is 1.33 bits per heavy atom. The van der Waals surface area contributed by atoms with E-state index in [0.29, 0.717) is 0 Å². The Morgan fingerprint density at radius 3 is 2.87 bits per heavy atom. The molecule has 1 N–H and O–H groups in total. The molecule has 0 aliphatic carbocycles. The van der Waals surface area contributed by atoms with E-state index in [9.17, 15) is 0 Å². The number of aromatic nitrogens is 2. The van der Waals surface area contributed by atoms with Gasteiger partial charge in [0, 0.05) is 17.8 Å². The number of nitrogens with one attached hydrogen (secondary N) is 1.